The summed E-state index contributed by atoms with van der Waals surface area (Å²) in [7, 11) is 0. The first-order valence-electron chi connectivity index (χ1n) is 6.22. The predicted molar refractivity (Wildman–Crippen MR) is 71.8 cm³/mol. The fraction of sp³-hybridized carbons (Fsp3) is 0.846. The Kier molecular flexibility index (Phi) is 4.18. The van der Waals surface area contributed by atoms with Gasteiger partial charge in [0.15, 0.2) is 0 Å². The zero-order valence-corrected chi connectivity index (χ0v) is 11.0. The first kappa shape index (κ1) is 12.3. The average Bonchev–Trinajstić information content (AvgIpc) is 3.09. The molecule has 0 aromatic carbocycles. The van der Waals surface area contributed by atoms with Crippen LogP contribution in [0, 0.1) is 12.3 Å². The zero-order chi connectivity index (χ0) is 11.4. The molecule has 0 radical (unpaired) electrons. The van der Waals surface area contributed by atoms with Crippen LogP contribution in [0.3, 0.4) is 0 Å². The van der Waals surface area contributed by atoms with Crippen LogP contribution in [-0.2, 0) is 0 Å². The van der Waals surface area contributed by atoms with Crippen LogP contribution < -0.4 is 5.32 Å². The third-order valence-electron chi connectivity index (χ3n) is 3.86. The lowest BCUT2D eigenvalue weighted by atomic mass is 10.0. The normalized spacial score (nSPS) is 25.2. The third-order valence-corrected chi connectivity index (χ3v) is 5.27. The summed E-state index contributed by atoms with van der Waals surface area (Å²) in [6.45, 7) is 4.34. The van der Waals surface area contributed by atoms with Crippen LogP contribution in [0.2, 0.25) is 0 Å². The lowest BCUT2D eigenvalue weighted by molar-refractivity contribution is 0.218. The first-order chi connectivity index (χ1) is 7.78. The summed E-state index contributed by atoms with van der Waals surface area (Å²) >= 11 is 2.04. The van der Waals surface area contributed by atoms with Crippen LogP contribution in [-0.4, -0.2) is 48.1 Å². The Morgan fingerprint density at radius 1 is 1.44 bits per heavy atom. The zero-order valence-electron chi connectivity index (χ0n) is 10.2. The highest BCUT2D eigenvalue weighted by atomic mass is 32.2. The Morgan fingerprint density at radius 2 is 2.12 bits per heavy atom. The first-order valence-corrected chi connectivity index (χ1v) is 7.45. The van der Waals surface area contributed by atoms with Gasteiger partial charge in [-0.3, -0.25) is 4.90 Å². The Labute approximate surface area is 104 Å². The minimum Gasteiger partial charge on any atom is -0.313 e. The molecule has 1 saturated heterocycles. The standard InChI is InChI=1S/C13H22N2S/c1-3-8-15-9-4-12(5-10-15)14-11-13(16-2)6-7-13/h1,12,14H,4-11H2,2H3. The maximum Gasteiger partial charge on any atom is 0.0598 e. The van der Waals surface area contributed by atoms with Gasteiger partial charge >= 0.3 is 0 Å². The van der Waals surface area contributed by atoms with Crippen molar-refractivity contribution in [2.45, 2.75) is 36.5 Å². The van der Waals surface area contributed by atoms with Gasteiger partial charge in [-0.2, -0.15) is 11.8 Å². The second-order valence-electron chi connectivity index (χ2n) is 5.02. The monoisotopic (exact) mass is 238 g/mol. The average molecular weight is 238 g/mol. The summed E-state index contributed by atoms with van der Waals surface area (Å²) in [6, 6.07) is 0.721. The molecule has 2 aliphatic rings. The highest BCUT2D eigenvalue weighted by molar-refractivity contribution is 8.00. The number of terminal acetylenes is 1. The van der Waals surface area contributed by atoms with Crippen molar-refractivity contribution in [3.63, 3.8) is 0 Å². The number of thioether (sulfide) groups is 1. The number of nitrogens with one attached hydrogen (secondary N) is 1. The van der Waals surface area contributed by atoms with Gasteiger partial charge in [-0.05, 0) is 31.9 Å². The molecule has 2 rings (SSSR count). The number of hydrogen-bond acceptors (Lipinski definition) is 3. The van der Waals surface area contributed by atoms with E-state index in [0.29, 0.717) is 4.75 Å². The lowest BCUT2D eigenvalue weighted by Gasteiger charge is -2.32. The molecule has 1 heterocycles. The summed E-state index contributed by atoms with van der Waals surface area (Å²) in [6.07, 6.45) is 12.9. The van der Waals surface area contributed by atoms with Crippen molar-refractivity contribution in [3.05, 3.63) is 0 Å². The van der Waals surface area contributed by atoms with Crippen molar-refractivity contribution in [1.82, 2.24) is 10.2 Å². The molecule has 0 aromatic rings. The molecule has 1 N–H and O–H groups in total. The van der Waals surface area contributed by atoms with E-state index in [4.69, 9.17) is 6.42 Å². The van der Waals surface area contributed by atoms with Gasteiger partial charge in [-0.1, -0.05) is 5.92 Å². The van der Waals surface area contributed by atoms with Gasteiger partial charge in [0.05, 0.1) is 6.54 Å². The van der Waals surface area contributed by atoms with Gasteiger partial charge in [-0.25, -0.2) is 0 Å². The molecule has 1 saturated carbocycles. The van der Waals surface area contributed by atoms with Crippen LogP contribution in [0.5, 0.6) is 0 Å². The van der Waals surface area contributed by atoms with Crippen LogP contribution >= 0.6 is 11.8 Å². The number of piperidine rings is 1. The summed E-state index contributed by atoms with van der Waals surface area (Å²) < 4.78 is 0.593. The van der Waals surface area contributed by atoms with Gasteiger partial charge < -0.3 is 5.32 Å². The predicted octanol–water partition coefficient (Wildman–Crippen LogP) is 1.57. The molecule has 3 heteroatoms. The smallest absolute Gasteiger partial charge is 0.0598 e. The molecule has 0 aromatic heterocycles. The SMILES string of the molecule is C#CCN1CCC(NCC2(SC)CC2)CC1. The summed E-state index contributed by atoms with van der Waals surface area (Å²) in [5, 5.41) is 3.74. The Balaban J connectivity index is 1.64. The van der Waals surface area contributed by atoms with Gasteiger partial charge in [0.1, 0.15) is 0 Å². The van der Waals surface area contributed by atoms with Crippen molar-refractivity contribution >= 4 is 11.8 Å². The maximum absolute atomic E-state index is 5.33. The van der Waals surface area contributed by atoms with Crippen molar-refractivity contribution in [2.75, 3.05) is 32.4 Å². The van der Waals surface area contributed by atoms with E-state index in [0.717, 1.165) is 25.7 Å². The molecule has 0 spiro atoms. The molecule has 90 valence electrons. The molecule has 0 bridgehead atoms. The molecular weight excluding hydrogens is 216 g/mol. The van der Waals surface area contributed by atoms with E-state index in [1.165, 1.54) is 32.2 Å². The molecule has 2 fully saturated rings. The van der Waals surface area contributed by atoms with E-state index in [2.05, 4.69) is 22.4 Å². The summed E-state index contributed by atoms with van der Waals surface area (Å²) in [5.74, 6) is 2.73. The third kappa shape index (κ3) is 3.16. The van der Waals surface area contributed by atoms with Crippen LogP contribution in [0.25, 0.3) is 0 Å². The van der Waals surface area contributed by atoms with Gasteiger partial charge in [0, 0.05) is 30.4 Å². The minimum absolute atomic E-state index is 0.593. The Hall–Kier alpha value is -0.170. The van der Waals surface area contributed by atoms with Crippen molar-refractivity contribution in [2.24, 2.45) is 0 Å². The number of hydrogen-bond donors (Lipinski definition) is 1. The molecule has 1 aliphatic heterocycles. The Bertz CT molecular complexity index is 260. The van der Waals surface area contributed by atoms with Gasteiger partial charge in [0.2, 0.25) is 0 Å². The lowest BCUT2D eigenvalue weighted by Crippen LogP contribution is -2.44. The number of rotatable bonds is 5. The summed E-state index contributed by atoms with van der Waals surface area (Å²) in [5.41, 5.74) is 0. The molecule has 0 atom stereocenters. The van der Waals surface area contributed by atoms with Gasteiger partial charge in [-0.15, -0.1) is 6.42 Å². The fourth-order valence-corrected chi connectivity index (χ4v) is 3.09. The molecule has 16 heavy (non-hydrogen) atoms. The highest BCUT2D eigenvalue weighted by Crippen LogP contribution is 2.46. The van der Waals surface area contributed by atoms with E-state index >= 15 is 0 Å². The van der Waals surface area contributed by atoms with E-state index in [1.54, 1.807) is 0 Å². The Morgan fingerprint density at radius 3 is 2.62 bits per heavy atom. The fourth-order valence-electron chi connectivity index (χ4n) is 2.35. The summed E-state index contributed by atoms with van der Waals surface area (Å²) in [4.78, 5) is 2.37. The quantitative estimate of drug-likeness (QED) is 0.732. The van der Waals surface area contributed by atoms with Crippen molar-refractivity contribution < 1.29 is 0 Å². The van der Waals surface area contributed by atoms with Crippen molar-refractivity contribution in [3.8, 4) is 12.3 Å². The maximum atomic E-state index is 5.33. The second kappa shape index (κ2) is 5.44. The van der Waals surface area contributed by atoms with Crippen LogP contribution in [0.4, 0.5) is 0 Å². The minimum atomic E-state index is 0.593. The van der Waals surface area contributed by atoms with E-state index in [-0.39, 0.29) is 0 Å². The van der Waals surface area contributed by atoms with Crippen LogP contribution in [0.15, 0.2) is 0 Å². The molecule has 2 nitrogen and oxygen atoms in total. The van der Waals surface area contributed by atoms with E-state index < -0.39 is 0 Å². The van der Waals surface area contributed by atoms with Crippen LogP contribution in [0.1, 0.15) is 25.7 Å². The van der Waals surface area contributed by atoms with E-state index in [9.17, 15) is 0 Å². The van der Waals surface area contributed by atoms with E-state index in [1.807, 2.05) is 11.8 Å². The van der Waals surface area contributed by atoms with Gasteiger partial charge in [0.25, 0.3) is 0 Å². The molecular formula is C13H22N2S. The topological polar surface area (TPSA) is 15.3 Å². The molecule has 0 unspecified atom stereocenters. The largest absolute Gasteiger partial charge is 0.313 e. The molecule has 0 amide bonds. The van der Waals surface area contributed by atoms with Crippen molar-refractivity contribution in [1.29, 1.82) is 0 Å². The number of likely N-dealkylation sites (tertiary alicyclic amines) is 1. The highest BCUT2D eigenvalue weighted by Gasteiger charge is 2.41. The molecule has 1 aliphatic carbocycles. The number of nitrogens with zero attached hydrogens (tertiary/aromatic N) is 1. The second-order valence-corrected chi connectivity index (χ2v) is 6.30.